The second kappa shape index (κ2) is 14.4. The first-order chi connectivity index (χ1) is 11.6. The first-order valence-corrected chi connectivity index (χ1v) is 7.87. The van der Waals surface area contributed by atoms with Gasteiger partial charge in [-0.15, -0.1) is 0 Å². The lowest BCUT2D eigenvalue weighted by Crippen LogP contribution is -2.04. The second-order valence-electron chi connectivity index (χ2n) is 4.92. The Balaban J connectivity index is 0. The molecule has 0 saturated carbocycles. The largest absolute Gasteiger partial charge is 0.396 e. The van der Waals surface area contributed by atoms with E-state index in [2.05, 4.69) is 27.5 Å². The lowest BCUT2D eigenvalue weighted by atomic mass is 10.4. The van der Waals surface area contributed by atoms with Crippen molar-refractivity contribution in [1.82, 2.24) is 9.97 Å². The van der Waals surface area contributed by atoms with Gasteiger partial charge in [-0.3, -0.25) is 10.1 Å². The fraction of sp³-hybridized carbons (Fsp3) is 0.444. The van der Waals surface area contributed by atoms with Crippen LogP contribution in [0.1, 0.15) is 41.5 Å². The van der Waals surface area contributed by atoms with Crippen LogP contribution in [0.5, 0.6) is 0 Å². The van der Waals surface area contributed by atoms with Crippen LogP contribution in [0.2, 0.25) is 0 Å². The fourth-order valence-corrected chi connectivity index (χ4v) is 1.73. The van der Waals surface area contributed by atoms with Crippen LogP contribution in [0.15, 0.2) is 36.7 Å². The smallest absolute Gasteiger partial charge is 0.311 e. The van der Waals surface area contributed by atoms with Crippen LogP contribution >= 0.6 is 0 Å². The summed E-state index contributed by atoms with van der Waals surface area (Å²) >= 11 is 0. The number of anilines is 3. The van der Waals surface area contributed by atoms with E-state index in [-0.39, 0.29) is 20.5 Å². The molecule has 0 amide bonds. The Kier molecular flexibility index (Phi) is 14.1. The molecule has 0 aromatic carbocycles. The third kappa shape index (κ3) is 8.81. The molecule has 146 valence electrons. The molecule has 2 aromatic rings. The number of hydrogen-bond acceptors (Lipinski definition) is 7. The van der Waals surface area contributed by atoms with Crippen LogP contribution in [-0.2, 0) is 0 Å². The predicted molar refractivity (Wildman–Crippen MR) is 111 cm³/mol. The van der Waals surface area contributed by atoms with E-state index in [9.17, 15) is 10.1 Å². The highest BCUT2D eigenvalue weighted by atomic mass is 16.6. The molecule has 0 fully saturated rings. The standard InChI is InChI=1S/C8H11N3O2.C8H13N3.2CH4/c1-2-5-9-8-7(11(12)13)4-3-6-10-8;1-2-5-10-8-7(9)4-3-6-11-8;;/h3-4,6H,2,5H2,1H3,(H,9,10);3-4,6H,2,5,9H2,1H3,(H,10,11);2*1H4. The number of nitrogen functional groups attached to an aromatic ring is 1. The maximum absolute atomic E-state index is 10.5. The normalized spacial score (nSPS) is 8.85. The van der Waals surface area contributed by atoms with Crippen molar-refractivity contribution >= 4 is 23.0 Å². The van der Waals surface area contributed by atoms with Crippen LogP contribution in [0.4, 0.5) is 23.0 Å². The molecule has 8 nitrogen and oxygen atoms in total. The topological polar surface area (TPSA) is 119 Å². The monoisotopic (exact) mass is 364 g/mol. The number of nitrogens with two attached hydrogens (primary N) is 1. The summed E-state index contributed by atoms with van der Waals surface area (Å²) in [6.07, 6.45) is 5.25. The quantitative estimate of drug-likeness (QED) is 0.486. The molecule has 0 atom stereocenters. The molecule has 0 spiro atoms. The van der Waals surface area contributed by atoms with E-state index in [0.717, 1.165) is 25.2 Å². The summed E-state index contributed by atoms with van der Waals surface area (Å²) in [5.41, 5.74) is 6.37. The van der Waals surface area contributed by atoms with Crippen LogP contribution in [0, 0.1) is 10.1 Å². The summed E-state index contributed by atoms with van der Waals surface area (Å²) in [6.45, 7) is 5.70. The zero-order valence-corrected chi connectivity index (χ0v) is 14.0. The summed E-state index contributed by atoms with van der Waals surface area (Å²) in [4.78, 5) is 18.0. The summed E-state index contributed by atoms with van der Waals surface area (Å²) in [6, 6.07) is 6.65. The zero-order chi connectivity index (χ0) is 17.8. The molecular weight excluding hydrogens is 332 g/mol. The van der Waals surface area contributed by atoms with Gasteiger partial charge in [-0.2, -0.15) is 0 Å². The molecule has 0 saturated heterocycles. The highest BCUT2D eigenvalue weighted by Gasteiger charge is 2.12. The first kappa shape index (κ1) is 25.3. The zero-order valence-electron chi connectivity index (χ0n) is 14.0. The van der Waals surface area contributed by atoms with E-state index < -0.39 is 4.92 Å². The Morgan fingerprint density at radius 1 is 1.00 bits per heavy atom. The lowest BCUT2D eigenvalue weighted by molar-refractivity contribution is -0.384. The fourth-order valence-electron chi connectivity index (χ4n) is 1.73. The SMILES string of the molecule is C.C.CCCNc1ncccc1N.CCCNc1ncccc1[N+](=O)[O-]. The molecule has 0 radical (unpaired) electrons. The molecule has 8 heteroatoms. The molecule has 2 aromatic heterocycles. The van der Waals surface area contributed by atoms with Gasteiger partial charge >= 0.3 is 5.69 Å². The minimum Gasteiger partial charge on any atom is -0.396 e. The van der Waals surface area contributed by atoms with Crippen molar-refractivity contribution in [1.29, 1.82) is 0 Å². The third-order valence-electron chi connectivity index (χ3n) is 2.91. The van der Waals surface area contributed by atoms with Gasteiger partial charge in [0, 0.05) is 31.5 Å². The van der Waals surface area contributed by atoms with Gasteiger partial charge in [0.1, 0.15) is 5.82 Å². The minimum atomic E-state index is -0.439. The summed E-state index contributed by atoms with van der Waals surface area (Å²) in [5.74, 6) is 1.13. The maximum Gasteiger partial charge on any atom is 0.311 e. The Bertz CT molecular complexity index is 637. The third-order valence-corrected chi connectivity index (χ3v) is 2.91. The Morgan fingerprint density at radius 3 is 2.00 bits per heavy atom. The molecule has 2 heterocycles. The van der Waals surface area contributed by atoms with Gasteiger partial charge in [0.05, 0.1) is 10.6 Å². The molecule has 26 heavy (non-hydrogen) atoms. The number of rotatable bonds is 7. The van der Waals surface area contributed by atoms with Crippen molar-refractivity contribution < 1.29 is 4.92 Å². The Hall–Kier alpha value is -2.90. The average Bonchev–Trinajstić information content (AvgIpc) is 2.60. The molecule has 2 rings (SSSR count). The molecule has 0 aliphatic carbocycles. The number of pyridine rings is 2. The lowest BCUT2D eigenvalue weighted by Gasteiger charge is -2.04. The van der Waals surface area contributed by atoms with Gasteiger partial charge in [-0.1, -0.05) is 28.7 Å². The van der Waals surface area contributed by atoms with Gasteiger partial charge in [-0.25, -0.2) is 9.97 Å². The highest BCUT2D eigenvalue weighted by Crippen LogP contribution is 2.19. The van der Waals surface area contributed by atoms with Crippen molar-refractivity contribution in [3.63, 3.8) is 0 Å². The molecule has 0 aliphatic rings. The molecule has 0 bridgehead atoms. The van der Waals surface area contributed by atoms with Crippen molar-refractivity contribution in [3.8, 4) is 0 Å². The summed E-state index contributed by atoms with van der Waals surface area (Å²) in [5, 5.41) is 16.5. The van der Waals surface area contributed by atoms with E-state index in [1.54, 1.807) is 12.3 Å². The molecule has 0 aliphatic heterocycles. The van der Waals surface area contributed by atoms with Crippen molar-refractivity contribution in [2.75, 3.05) is 29.5 Å². The van der Waals surface area contributed by atoms with Gasteiger partial charge < -0.3 is 16.4 Å². The summed E-state index contributed by atoms with van der Waals surface area (Å²) < 4.78 is 0. The highest BCUT2D eigenvalue weighted by molar-refractivity contribution is 5.60. The number of nitro groups is 1. The predicted octanol–water partition coefficient (Wildman–Crippen LogP) is 4.57. The van der Waals surface area contributed by atoms with Gasteiger partial charge in [-0.05, 0) is 31.0 Å². The van der Waals surface area contributed by atoms with E-state index in [4.69, 9.17) is 5.73 Å². The van der Waals surface area contributed by atoms with Gasteiger partial charge in [0.2, 0.25) is 5.82 Å². The van der Waals surface area contributed by atoms with E-state index in [1.165, 1.54) is 12.3 Å². The van der Waals surface area contributed by atoms with Gasteiger partial charge in [0.25, 0.3) is 0 Å². The van der Waals surface area contributed by atoms with Crippen LogP contribution < -0.4 is 16.4 Å². The van der Waals surface area contributed by atoms with Crippen LogP contribution in [0.25, 0.3) is 0 Å². The van der Waals surface area contributed by atoms with E-state index in [0.29, 0.717) is 18.1 Å². The maximum atomic E-state index is 10.5. The van der Waals surface area contributed by atoms with E-state index in [1.807, 2.05) is 19.1 Å². The molecular formula is C18H32N6O2. The van der Waals surface area contributed by atoms with Crippen LogP contribution in [-0.4, -0.2) is 28.0 Å². The minimum absolute atomic E-state index is 0. The van der Waals surface area contributed by atoms with Crippen molar-refractivity contribution in [3.05, 3.63) is 46.8 Å². The van der Waals surface area contributed by atoms with Gasteiger partial charge in [0.15, 0.2) is 0 Å². The van der Waals surface area contributed by atoms with Crippen molar-refractivity contribution in [2.45, 2.75) is 41.5 Å². The van der Waals surface area contributed by atoms with E-state index >= 15 is 0 Å². The van der Waals surface area contributed by atoms with Crippen LogP contribution in [0.3, 0.4) is 0 Å². The number of nitrogens with zero attached hydrogens (tertiary/aromatic N) is 3. The second-order valence-corrected chi connectivity index (χ2v) is 4.92. The molecule has 4 N–H and O–H groups in total. The Morgan fingerprint density at radius 2 is 1.50 bits per heavy atom. The summed E-state index contributed by atoms with van der Waals surface area (Å²) in [7, 11) is 0. The van der Waals surface area contributed by atoms with Crippen molar-refractivity contribution in [2.24, 2.45) is 0 Å². The molecule has 0 unspecified atom stereocenters. The first-order valence-electron chi connectivity index (χ1n) is 7.87. The Labute approximate surface area is 156 Å². The number of nitrogens with one attached hydrogen (secondary N) is 2. The number of aromatic nitrogens is 2. The average molecular weight is 364 g/mol. The number of hydrogen-bond donors (Lipinski definition) is 3.